The first-order valence-corrected chi connectivity index (χ1v) is 11.8. The predicted octanol–water partition coefficient (Wildman–Crippen LogP) is 3.80. The normalized spacial score (nSPS) is 21.0. The van der Waals surface area contributed by atoms with Crippen LogP contribution in [0, 0.1) is 19.3 Å². The van der Waals surface area contributed by atoms with Gasteiger partial charge in [-0.15, -0.1) is 0 Å². The highest BCUT2D eigenvalue weighted by molar-refractivity contribution is 6.74. The zero-order chi connectivity index (χ0) is 20.2. The number of hydrogen-bond acceptors (Lipinski definition) is 6. The molecule has 2 atom stereocenters. The number of aromatic hydroxyl groups is 1. The zero-order valence-corrected chi connectivity index (χ0v) is 17.8. The van der Waals surface area contributed by atoms with Crippen LogP contribution in [0.15, 0.2) is 18.2 Å². The van der Waals surface area contributed by atoms with Crippen molar-refractivity contribution in [3.8, 4) is 11.5 Å². The largest absolute Gasteiger partial charge is 0.507 e. The Balaban J connectivity index is 1.97. The Kier molecular flexibility index (Phi) is 6.94. The maximum atomic E-state index is 11.6. The molecule has 0 amide bonds. The van der Waals surface area contributed by atoms with Crippen LogP contribution >= 0.6 is 0 Å². The number of carbonyl (C=O) groups is 1. The van der Waals surface area contributed by atoms with E-state index in [4.69, 9.17) is 13.9 Å². The molecule has 0 spiro atoms. The second-order valence-electron chi connectivity index (χ2n) is 7.98. The summed E-state index contributed by atoms with van der Waals surface area (Å²) in [6.45, 7) is 11.2. The first kappa shape index (κ1) is 21.7. The topological polar surface area (TPSA) is 74.2 Å². The van der Waals surface area contributed by atoms with Crippen LogP contribution in [-0.2, 0) is 25.3 Å². The highest BCUT2D eigenvalue weighted by Crippen LogP contribution is 2.38. The molecule has 2 rings (SSSR count). The van der Waals surface area contributed by atoms with E-state index < -0.39 is 26.7 Å². The van der Waals surface area contributed by atoms with Crippen LogP contribution in [-0.4, -0.2) is 38.9 Å². The van der Waals surface area contributed by atoms with Gasteiger partial charge in [0, 0.05) is 24.5 Å². The first-order chi connectivity index (χ1) is 12.5. The highest BCUT2D eigenvalue weighted by atomic mass is 28.4. The lowest BCUT2D eigenvalue weighted by molar-refractivity contribution is -0.165. The van der Waals surface area contributed by atoms with Crippen molar-refractivity contribution in [3.63, 3.8) is 0 Å². The summed E-state index contributed by atoms with van der Waals surface area (Å²) >= 11 is 0. The van der Waals surface area contributed by atoms with E-state index in [1.54, 1.807) is 31.4 Å². The van der Waals surface area contributed by atoms with Crippen molar-refractivity contribution in [1.29, 1.82) is 0 Å². The van der Waals surface area contributed by atoms with Crippen molar-refractivity contribution in [1.82, 2.24) is 0 Å². The number of esters is 1. The van der Waals surface area contributed by atoms with Crippen LogP contribution < -0.4 is 4.74 Å². The molecule has 1 aliphatic heterocycles. The zero-order valence-electron chi connectivity index (χ0n) is 16.8. The molecule has 1 N–H and O–H groups in total. The summed E-state index contributed by atoms with van der Waals surface area (Å²) in [5, 5.41) is 10.4. The van der Waals surface area contributed by atoms with Gasteiger partial charge in [-0.25, -0.2) is 4.79 Å². The summed E-state index contributed by atoms with van der Waals surface area (Å²) in [5.41, 5.74) is 0.702. The molecule has 0 bridgehead atoms. The maximum absolute atomic E-state index is 11.6. The molecule has 7 heteroatoms. The number of hydrogen-bond donors (Lipinski definition) is 1. The molecule has 0 aromatic heterocycles. The van der Waals surface area contributed by atoms with Crippen LogP contribution in [0.4, 0.5) is 0 Å². The Morgan fingerprint density at radius 1 is 1.26 bits per heavy atom. The summed E-state index contributed by atoms with van der Waals surface area (Å²) < 4.78 is 22.0. The molecular formula is C20H29O6Si. The van der Waals surface area contributed by atoms with Crippen LogP contribution in [0.3, 0.4) is 0 Å². The Morgan fingerprint density at radius 3 is 2.56 bits per heavy atom. The maximum Gasteiger partial charge on any atom is 0.335 e. The van der Waals surface area contributed by atoms with Gasteiger partial charge in [-0.3, -0.25) is 0 Å². The Hall–Kier alpha value is -1.57. The minimum absolute atomic E-state index is 0.0991. The summed E-state index contributed by atoms with van der Waals surface area (Å²) in [5.74, 6) is 0.0414. The molecule has 0 unspecified atom stereocenters. The molecule has 3 radical (unpaired) electrons. The fraction of sp³-hybridized carbons (Fsp3) is 0.500. The third-order valence-corrected chi connectivity index (χ3v) is 9.45. The third-order valence-electron chi connectivity index (χ3n) is 4.97. The van der Waals surface area contributed by atoms with Crippen molar-refractivity contribution in [2.45, 2.75) is 57.9 Å². The molecule has 1 aromatic carbocycles. The number of ether oxygens (including phenoxy) is 3. The van der Waals surface area contributed by atoms with Gasteiger partial charge >= 0.3 is 5.97 Å². The van der Waals surface area contributed by atoms with Crippen molar-refractivity contribution in [2.75, 3.05) is 7.11 Å². The average Bonchev–Trinajstić information content (AvgIpc) is 2.59. The van der Waals surface area contributed by atoms with Gasteiger partial charge in [0.1, 0.15) is 11.5 Å². The first-order valence-electron chi connectivity index (χ1n) is 8.91. The Bertz CT molecular complexity index is 652. The molecule has 1 aromatic rings. The van der Waals surface area contributed by atoms with Crippen molar-refractivity contribution >= 4 is 14.3 Å². The highest BCUT2D eigenvalue weighted by Gasteiger charge is 2.37. The molecule has 27 heavy (non-hydrogen) atoms. The van der Waals surface area contributed by atoms with E-state index in [2.05, 4.69) is 38.6 Å². The lowest BCUT2D eigenvalue weighted by Crippen LogP contribution is -2.40. The van der Waals surface area contributed by atoms with E-state index in [9.17, 15) is 9.90 Å². The standard InChI is InChI=1S/C20H29O6Si/c1-20(2,3)27(5,6)24-13-14-10-11-15(12-16(14)21)25-18-9-7-8-17(26-18)19(22)23-4/h7-12,17-18,21H,13H2,1-6H3/t17-,18+/m0/s1. The van der Waals surface area contributed by atoms with E-state index in [1.807, 2.05) is 0 Å². The van der Waals surface area contributed by atoms with Crippen LogP contribution in [0.25, 0.3) is 0 Å². The van der Waals surface area contributed by atoms with Gasteiger partial charge in [0.05, 0.1) is 13.7 Å². The predicted molar refractivity (Wildman–Crippen MR) is 104 cm³/mol. The van der Waals surface area contributed by atoms with E-state index in [0.717, 1.165) is 0 Å². The van der Waals surface area contributed by atoms with Crippen LogP contribution in [0.1, 0.15) is 26.3 Å². The van der Waals surface area contributed by atoms with Crippen molar-refractivity contribution in [2.24, 2.45) is 0 Å². The van der Waals surface area contributed by atoms with E-state index in [0.29, 0.717) is 17.9 Å². The van der Waals surface area contributed by atoms with E-state index in [1.165, 1.54) is 13.2 Å². The van der Waals surface area contributed by atoms with Gasteiger partial charge in [-0.05, 0) is 36.7 Å². The van der Waals surface area contributed by atoms with E-state index in [-0.39, 0.29) is 10.8 Å². The monoisotopic (exact) mass is 393 g/mol. The molecule has 149 valence electrons. The summed E-state index contributed by atoms with van der Waals surface area (Å²) in [4.78, 5) is 11.6. The third kappa shape index (κ3) is 5.70. The molecule has 0 saturated carbocycles. The molecule has 1 fully saturated rings. The van der Waals surface area contributed by atoms with Crippen molar-refractivity contribution in [3.05, 3.63) is 43.0 Å². The minimum Gasteiger partial charge on any atom is -0.507 e. The summed E-state index contributed by atoms with van der Waals surface area (Å²) in [7, 11) is -0.598. The smallest absolute Gasteiger partial charge is 0.335 e. The molecule has 1 aliphatic rings. The summed E-state index contributed by atoms with van der Waals surface area (Å²) in [6, 6.07) is 5.04. The van der Waals surface area contributed by atoms with Gasteiger partial charge in [-0.2, -0.15) is 0 Å². The number of methoxy groups -OCH3 is 1. The molecule has 1 heterocycles. The van der Waals surface area contributed by atoms with Crippen molar-refractivity contribution < 1.29 is 28.5 Å². The lowest BCUT2D eigenvalue weighted by Gasteiger charge is -2.36. The fourth-order valence-electron chi connectivity index (χ4n) is 2.16. The molecular weight excluding hydrogens is 364 g/mol. The van der Waals surface area contributed by atoms with E-state index >= 15 is 0 Å². The Morgan fingerprint density at radius 2 is 1.96 bits per heavy atom. The number of phenolic OH excluding ortho intramolecular Hbond substituents is 1. The fourth-order valence-corrected chi connectivity index (χ4v) is 3.11. The second kappa shape index (κ2) is 8.62. The van der Waals surface area contributed by atoms with Gasteiger partial charge in [0.2, 0.25) is 6.29 Å². The number of phenols is 1. The quantitative estimate of drug-likeness (QED) is 0.585. The molecule has 0 aliphatic carbocycles. The Labute approximate surface area is 162 Å². The molecule has 6 nitrogen and oxygen atoms in total. The van der Waals surface area contributed by atoms with Gasteiger partial charge in [0.15, 0.2) is 14.4 Å². The minimum atomic E-state index is -1.90. The van der Waals surface area contributed by atoms with Gasteiger partial charge in [-0.1, -0.05) is 20.8 Å². The second-order valence-corrected chi connectivity index (χ2v) is 12.8. The number of rotatable bonds is 6. The average molecular weight is 394 g/mol. The van der Waals surface area contributed by atoms with Crippen LogP contribution in [0.2, 0.25) is 18.1 Å². The summed E-state index contributed by atoms with van der Waals surface area (Å²) in [6.07, 6.45) is 3.40. The number of carbonyl (C=O) groups excluding carboxylic acids is 1. The lowest BCUT2D eigenvalue weighted by atomic mass is 10.1. The van der Waals surface area contributed by atoms with Gasteiger partial charge < -0.3 is 23.7 Å². The molecule has 1 saturated heterocycles. The van der Waals surface area contributed by atoms with Gasteiger partial charge in [0.25, 0.3) is 0 Å². The SMILES string of the molecule is COC(=O)[C@@H]1[CH][CH][CH][C@H](Oc2ccc(CO[Si](C)(C)C(C)(C)C)c(O)c2)O1. The number of benzene rings is 1. The van der Waals surface area contributed by atoms with Crippen LogP contribution in [0.5, 0.6) is 11.5 Å².